The molecule has 2 aromatic carbocycles. The van der Waals surface area contributed by atoms with E-state index in [0.717, 1.165) is 17.0 Å². The predicted octanol–water partition coefficient (Wildman–Crippen LogP) is 4.23. The largest absolute Gasteiger partial charge is 0.493 e. The molecular formula is C17H20FNO2. The van der Waals surface area contributed by atoms with Gasteiger partial charge in [0.05, 0.1) is 13.2 Å². The van der Waals surface area contributed by atoms with Gasteiger partial charge in [-0.1, -0.05) is 12.1 Å². The van der Waals surface area contributed by atoms with E-state index in [1.807, 2.05) is 38.1 Å². The number of halogens is 1. The summed E-state index contributed by atoms with van der Waals surface area (Å²) in [5, 5.41) is 3.18. The Bertz CT molecular complexity index is 599. The van der Waals surface area contributed by atoms with E-state index in [9.17, 15) is 4.39 Å². The van der Waals surface area contributed by atoms with Crippen LogP contribution < -0.4 is 14.8 Å². The van der Waals surface area contributed by atoms with Gasteiger partial charge in [-0.25, -0.2) is 4.39 Å². The molecule has 0 unspecified atom stereocenters. The van der Waals surface area contributed by atoms with Crippen LogP contribution in [0.1, 0.15) is 19.4 Å². The van der Waals surface area contributed by atoms with Gasteiger partial charge in [0.2, 0.25) is 0 Å². The zero-order chi connectivity index (χ0) is 15.2. The first-order valence-electron chi connectivity index (χ1n) is 6.91. The molecule has 0 atom stereocenters. The molecule has 0 amide bonds. The molecule has 0 saturated heterocycles. The lowest BCUT2D eigenvalue weighted by Gasteiger charge is -2.15. The fourth-order valence-electron chi connectivity index (χ4n) is 1.98. The van der Waals surface area contributed by atoms with E-state index in [0.29, 0.717) is 12.3 Å². The average Bonchev–Trinajstić information content (AvgIpc) is 2.45. The van der Waals surface area contributed by atoms with E-state index in [2.05, 4.69) is 5.32 Å². The third kappa shape index (κ3) is 4.38. The van der Waals surface area contributed by atoms with Crippen molar-refractivity contribution in [3.05, 3.63) is 53.8 Å². The van der Waals surface area contributed by atoms with Crippen molar-refractivity contribution in [2.24, 2.45) is 0 Å². The molecule has 0 saturated carbocycles. The third-order valence-corrected chi connectivity index (χ3v) is 2.91. The molecule has 0 aliphatic carbocycles. The second-order valence-corrected chi connectivity index (χ2v) is 5.02. The van der Waals surface area contributed by atoms with Gasteiger partial charge in [-0.3, -0.25) is 0 Å². The Morgan fingerprint density at radius 2 is 1.90 bits per heavy atom. The molecular weight excluding hydrogens is 269 g/mol. The van der Waals surface area contributed by atoms with Gasteiger partial charge in [-0.05, 0) is 49.7 Å². The fraction of sp³-hybridized carbons (Fsp3) is 0.294. The van der Waals surface area contributed by atoms with Crippen LogP contribution in [0.4, 0.5) is 10.1 Å². The maximum atomic E-state index is 13.1. The van der Waals surface area contributed by atoms with Crippen LogP contribution in [0.5, 0.6) is 11.5 Å². The van der Waals surface area contributed by atoms with Gasteiger partial charge in [0.25, 0.3) is 0 Å². The maximum absolute atomic E-state index is 13.1. The normalized spacial score (nSPS) is 10.5. The van der Waals surface area contributed by atoms with Crippen molar-refractivity contribution < 1.29 is 13.9 Å². The highest BCUT2D eigenvalue weighted by atomic mass is 19.1. The number of benzene rings is 2. The second-order valence-electron chi connectivity index (χ2n) is 5.02. The van der Waals surface area contributed by atoms with Crippen molar-refractivity contribution in [1.82, 2.24) is 0 Å². The minimum Gasteiger partial charge on any atom is -0.493 e. The van der Waals surface area contributed by atoms with Crippen LogP contribution >= 0.6 is 0 Å². The highest BCUT2D eigenvalue weighted by Crippen LogP contribution is 2.29. The highest BCUT2D eigenvalue weighted by molar-refractivity contribution is 5.47. The summed E-state index contributed by atoms with van der Waals surface area (Å²) in [6, 6.07) is 12.2. The molecule has 0 radical (unpaired) electrons. The number of anilines is 1. The van der Waals surface area contributed by atoms with E-state index in [-0.39, 0.29) is 11.9 Å². The SMILES string of the molecule is COc1cc(CNc2cccc(F)c2)ccc1OC(C)C. The lowest BCUT2D eigenvalue weighted by molar-refractivity contribution is 0.230. The average molecular weight is 289 g/mol. The van der Waals surface area contributed by atoms with Crippen molar-refractivity contribution in [2.75, 3.05) is 12.4 Å². The van der Waals surface area contributed by atoms with Crippen molar-refractivity contribution in [2.45, 2.75) is 26.5 Å². The highest BCUT2D eigenvalue weighted by Gasteiger charge is 2.07. The number of methoxy groups -OCH3 is 1. The molecule has 0 aliphatic rings. The fourth-order valence-corrected chi connectivity index (χ4v) is 1.98. The topological polar surface area (TPSA) is 30.5 Å². The van der Waals surface area contributed by atoms with Crippen molar-refractivity contribution >= 4 is 5.69 Å². The van der Waals surface area contributed by atoms with Crippen LogP contribution in [-0.4, -0.2) is 13.2 Å². The summed E-state index contributed by atoms with van der Waals surface area (Å²) in [4.78, 5) is 0. The summed E-state index contributed by atoms with van der Waals surface area (Å²) in [6.07, 6.45) is 0.0927. The van der Waals surface area contributed by atoms with E-state index in [4.69, 9.17) is 9.47 Å². The molecule has 4 heteroatoms. The summed E-state index contributed by atoms with van der Waals surface area (Å²) in [5.74, 6) is 1.17. The Morgan fingerprint density at radius 3 is 2.57 bits per heavy atom. The quantitative estimate of drug-likeness (QED) is 0.863. The molecule has 112 valence electrons. The molecule has 0 bridgehead atoms. The van der Waals surface area contributed by atoms with Crippen molar-refractivity contribution in [3.8, 4) is 11.5 Å². The summed E-state index contributed by atoms with van der Waals surface area (Å²) >= 11 is 0. The number of hydrogen-bond acceptors (Lipinski definition) is 3. The second kappa shape index (κ2) is 6.97. The summed E-state index contributed by atoms with van der Waals surface area (Å²) in [6.45, 7) is 4.53. The van der Waals surface area contributed by atoms with Crippen molar-refractivity contribution in [3.63, 3.8) is 0 Å². The minimum atomic E-state index is -0.252. The molecule has 3 nitrogen and oxygen atoms in total. The van der Waals surface area contributed by atoms with Gasteiger partial charge in [0.15, 0.2) is 11.5 Å². The molecule has 0 fully saturated rings. The van der Waals surface area contributed by atoms with E-state index >= 15 is 0 Å². The minimum absolute atomic E-state index is 0.0927. The number of hydrogen-bond donors (Lipinski definition) is 1. The van der Waals surface area contributed by atoms with E-state index < -0.39 is 0 Å². The zero-order valence-corrected chi connectivity index (χ0v) is 12.5. The molecule has 0 aromatic heterocycles. The third-order valence-electron chi connectivity index (χ3n) is 2.91. The molecule has 0 heterocycles. The number of nitrogens with one attached hydrogen (secondary N) is 1. The smallest absolute Gasteiger partial charge is 0.161 e. The molecule has 0 spiro atoms. The monoisotopic (exact) mass is 289 g/mol. The van der Waals surface area contributed by atoms with Gasteiger partial charge < -0.3 is 14.8 Å². The van der Waals surface area contributed by atoms with Crippen LogP contribution in [0.15, 0.2) is 42.5 Å². The first-order valence-corrected chi connectivity index (χ1v) is 6.91. The van der Waals surface area contributed by atoms with Crippen LogP contribution in [0, 0.1) is 5.82 Å². The van der Waals surface area contributed by atoms with Gasteiger partial charge in [0, 0.05) is 12.2 Å². The Labute approximate surface area is 124 Å². The maximum Gasteiger partial charge on any atom is 0.161 e. The predicted molar refractivity (Wildman–Crippen MR) is 82.5 cm³/mol. The molecule has 1 N–H and O–H groups in total. The number of ether oxygens (including phenoxy) is 2. The summed E-state index contributed by atoms with van der Waals surface area (Å²) in [5.41, 5.74) is 1.78. The molecule has 0 aliphatic heterocycles. The molecule has 2 rings (SSSR count). The Kier molecular flexibility index (Phi) is 5.04. The van der Waals surface area contributed by atoms with Gasteiger partial charge in [-0.2, -0.15) is 0 Å². The number of rotatable bonds is 6. The van der Waals surface area contributed by atoms with Gasteiger partial charge >= 0.3 is 0 Å². The van der Waals surface area contributed by atoms with E-state index in [1.165, 1.54) is 12.1 Å². The lowest BCUT2D eigenvalue weighted by atomic mass is 10.2. The van der Waals surface area contributed by atoms with Crippen molar-refractivity contribution in [1.29, 1.82) is 0 Å². The summed E-state index contributed by atoms with van der Waals surface area (Å²) < 4.78 is 24.1. The molecule has 2 aromatic rings. The van der Waals surface area contributed by atoms with Crippen LogP contribution in [-0.2, 0) is 6.54 Å². The standard InChI is InChI=1S/C17H20FNO2/c1-12(2)21-16-8-7-13(9-17(16)20-3)11-19-15-6-4-5-14(18)10-15/h4-10,12,19H,11H2,1-3H3. The van der Waals surface area contributed by atoms with Crippen LogP contribution in [0.2, 0.25) is 0 Å². The molecule has 21 heavy (non-hydrogen) atoms. The summed E-state index contributed by atoms with van der Waals surface area (Å²) in [7, 11) is 1.62. The first-order chi connectivity index (χ1) is 10.1. The lowest BCUT2D eigenvalue weighted by Crippen LogP contribution is -2.07. The first kappa shape index (κ1) is 15.2. The Hall–Kier alpha value is -2.23. The van der Waals surface area contributed by atoms with E-state index in [1.54, 1.807) is 13.2 Å². The van der Waals surface area contributed by atoms with Gasteiger partial charge in [-0.15, -0.1) is 0 Å². The van der Waals surface area contributed by atoms with Crippen LogP contribution in [0.25, 0.3) is 0 Å². The van der Waals surface area contributed by atoms with Crippen LogP contribution in [0.3, 0.4) is 0 Å². The zero-order valence-electron chi connectivity index (χ0n) is 12.5. The van der Waals surface area contributed by atoms with Gasteiger partial charge in [0.1, 0.15) is 5.82 Å². The Balaban J connectivity index is 2.07. The Morgan fingerprint density at radius 1 is 1.10 bits per heavy atom.